The molecule has 1 N–H and O–H groups in total. The predicted molar refractivity (Wildman–Crippen MR) is 90.4 cm³/mol. The van der Waals surface area contributed by atoms with E-state index in [0.29, 0.717) is 32.7 Å². The van der Waals surface area contributed by atoms with Crippen LogP contribution in [-0.2, 0) is 16.1 Å². The average Bonchev–Trinajstić information content (AvgIpc) is 2.79. The molecule has 6 heteroatoms. The van der Waals surface area contributed by atoms with Crippen LogP contribution < -0.4 is 5.32 Å². The molecule has 1 aromatic carbocycles. The maximum Gasteiger partial charge on any atom is 0.410 e. The largest absolute Gasteiger partial charge is 0.445 e. The van der Waals surface area contributed by atoms with Crippen molar-refractivity contribution in [1.82, 2.24) is 15.1 Å². The Kier molecular flexibility index (Phi) is 5.04. The van der Waals surface area contributed by atoms with Crippen LogP contribution in [0.2, 0.25) is 0 Å². The number of carbonyl (C=O) groups excluding carboxylic acids is 2. The van der Waals surface area contributed by atoms with Crippen LogP contribution in [-0.4, -0.2) is 60.6 Å². The Morgan fingerprint density at radius 3 is 2.83 bits per heavy atom. The van der Waals surface area contributed by atoms with E-state index in [0.717, 1.165) is 24.9 Å². The molecule has 0 unspecified atom stereocenters. The van der Waals surface area contributed by atoms with E-state index in [1.54, 1.807) is 4.90 Å². The van der Waals surface area contributed by atoms with Crippen LogP contribution in [0, 0.1) is 0 Å². The number of rotatable bonds is 2. The third-order valence-electron chi connectivity index (χ3n) is 5.19. The summed E-state index contributed by atoms with van der Waals surface area (Å²) in [5, 5.41) is 2.93. The van der Waals surface area contributed by atoms with Gasteiger partial charge in [0.05, 0.1) is 0 Å². The quantitative estimate of drug-likeness (QED) is 0.894. The zero-order valence-electron chi connectivity index (χ0n) is 14.2. The second kappa shape index (κ2) is 7.21. The Morgan fingerprint density at radius 1 is 1.25 bits per heavy atom. The number of nitrogens with one attached hydrogen (secondary N) is 1. The summed E-state index contributed by atoms with van der Waals surface area (Å²) in [7, 11) is 2.09. The van der Waals surface area contributed by atoms with E-state index in [-0.39, 0.29) is 17.5 Å². The zero-order chi connectivity index (χ0) is 17.0. The molecule has 0 aromatic heterocycles. The second-order valence-corrected chi connectivity index (χ2v) is 6.71. The standard InChI is InChI=1S/C18H25N3O3/c1-20-11-12-21(14-18(20)8-7-16(22)19-10-9-18)17(23)24-13-15-5-3-2-4-6-15/h2-6H,7-14H2,1H3,(H,19,22)/t18-/m1/s1. The number of carbonyl (C=O) groups is 2. The summed E-state index contributed by atoms with van der Waals surface area (Å²) in [6.45, 7) is 3.03. The lowest BCUT2D eigenvalue weighted by atomic mass is 9.86. The van der Waals surface area contributed by atoms with Crippen molar-refractivity contribution in [3.63, 3.8) is 0 Å². The van der Waals surface area contributed by atoms with Crippen molar-refractivity contribution < 1.29 is 14.3 Å². The van der Waals surface area contributed by atoms with E-state index in [4.69, 9.17) is 4.74 Å². The maximum absolute atomic E-state index is 12.5. The summed E-state index contributed by atoms with van der Waals surface area (Å²) in [5.74, 6) is 0.101. The highest BCUT2D eigenvalue weighted by molar-refractivity contribution is 5.76. The molecule has 2 fully saturated rings. The van der Waals surface area contributed by atoms with E-state index in [9.17, 15) is 9.59 Å². The van der Waals surface area contributed by atoms with E-state index in [1.807, 2.05) is 30.3 Å². The summed E-state index contributed by atoms with van der Waals surface area (Å²) in [6.07, 6.45) is 1.88. The monoisotopic (exact) mass is 331 g/mol. The first-order valence-electron chi connectivity index (χ1n) is 8.53. The fraction of sp³-hybridized carbons (Fsp3) is 0.556. The molecule has 1 aromatic rings. The van der Waals surface area contributed by atoms with Gasteiger partial charge in [-0.25, -0.2) is 4.79 Å². The number of amides is 2. The number of hydrogen-bond acceptors (Lipinski definition) is 4. The summed E-state index contributed by atoms with van der Waals surface area (Å²) in [4.78, 5) is 28.2. The highest BCUT2D eigenvalue weighted by Crippen LogP contribution is 2.30. The number of nitrogens with zero attached hydrogens (tertiary/aromatic N) is 2. The minimum absolute atomic E-state index is 0.101. The van der Waals surface area contributed by atoms with Gasteiger partial charge in [-0.05, 0) is 25.5 Å². The third-order valence-corrected chi connectivity index (χ3v) is 5.19. The van der Waals surface area contributed by atoms with Crippen LogP contribution >= 0.6 is 0 Å². The highest BCUT2D eigenvalue weighted by atomic mass is 16.6. The van der Waals surface area contributed by atoms with Crippen molar-refractivity contribution >= 4 is 12.0 Å². The van der Waals surface area contributed by atoms with Gasteiger partial charge in [-0.1, -0.05) is 30.3 Å². The number of ether oxygens (including phenoxy) is 1. The van der Waals surface area contributed by atoms with Crippen molar-refractivity contribution in [2.45, 2.75) is 31.4 Å². The summed E-state index contributed by atoms with van der Waals surface area (Å²) in [6, 6.07) is 9.70. The first kappa shape index (κ1) is 16.8. The topological polar surface area (TPSA) is 61.9 Å². The molecule has 24 heavy (non-hydrogen) atoms. The van der Waals surface area contributed by atoms with Crippen molar-refractivity contribution in [1.29, 1.82) is 0 Å². The van der Waals surface area contributed by atoms with Gasteiger partial charge in [-0.2, -0.15) is 0 Å². The van der Waals surface area contributed by atoms with Gasteiger partial charge in [0, 0.05) is 38.1 Å². The van der Waals surface area contributed by atoms with Gasteiger partial charge in [-0.15, -0.1) is 0 Å². The van der Waals surface area contributed by atoms with Crippen molar-refractivity contribution in [2.24, 2.45) is 0 Å². The van der Waals surface area contributed by atoms with E-state index in [1.165, 1.54) is 0 Å². The second-order valence-electron chi connectivity index (χ2n) is 6.71. The van der Waals surface area contributed by atoms with Gasteiger partial charge < -0.3 is 15.0 Å². The molecule has 0 aliphatic carbocycles. The molecule has 0 saturated carbocycles. The van der Waals surface area contributed by atoms with E-state index >= 15 is 0 Å². The van der Waals surface area contributed by atoms with Crippen LogP contribution in [0.1, 0.15) is 24.8 Å². The zero-order valence-corrected chi connectivity index (χ0v) is 14.2. The molecule has 2 aliphatic heterocycles. The average molecular weight is 331 g/mol. The van der Waals surface area contributed by atoms with Crippen molar-refractivity contribution in [3.05, 3.63) is 35.9 Å². The molecule has 130 valence electrons. The van der Waals surface area contributed by atoms with Crippen molar-refractivity contribution in [3.8, 4) is 0 Å². The molecule has 2 amide bonds. The van der Waals surface area contributed by atoms with Crippen LogP contribution in [0.25, 0.3) is 0 Å². The van der Waals surface area contributed by atoms with Crippen molar-refractivity contribution in [2.75, 3.05) is 33.2 Å². The summed E-state index contributed by atoms with van der Waals surface area (Å²) in [5.41, 5.74) is 0.849. The van der Waals surface area contributed by atoms with Gasteiger partial charge in [0.1, 0.15) is 6.61 Å². The lowest BCUT2D eigenvalue weighted by Crippen LogP contribution is -2.62. The first-order chi connectivity index (χ1) is 11.6. The molecule has 1 spiro atoms. The van der Waals surface area contributed by atoms with Crippen LogP contribution in [0.15, 0.2) is 30.3 Å². The van der Waals surface area contributed by atoms with Gasteiger partial charge in [0.2, 0.25) is 5.91 Å². The Hall–Kier alpha value is -2.08. The molecular formula is C18H25N3O3. The molecule has 6 nitrogen and oxygen atoms in total. The lowest BCUT2D eigenvalue weighted by molar-refractivity contribution is -0.121. The van der Waals surface area contributed by atoms with Gasteiger partial charge >= 0.3 is 6.09 Å². The molecule has 2 saturated heterocycles. The Morgan fingerprint density at radius 2 is 2.04 bits per heavy atom. The number of benzene rings is 1. The third kappa shape index (κ3) is 3.70. The summed E-state index contributed by atoms with van der Waals surface area (Å²) >= 11 is 0. The molecule has 2 aliphatic rings. The fourth-order valence-electron chi connectivity index (χ4n) is 3.56. The Bertz CT molecular complexity index is 592. The highest BCUT2D eigenvalue weighted by Gasteiger charge is 2.42. The number of hydrogen-bond donors (Lipinski definition) is 1. The van der Waals surface area contributed by atoms with Crippen LogP contribution in [0.5, 0.6) is 0 Å². The van der Waals surface area contributed by atoms with Gasteiger partial charge in [-0.3, -0.25) is 9.69 Å². The maximum atomic E-state index is 12.5. The SMILES string of the molecule is CN1CCN(C(=O)OCc2ccccc2)C[C@@]12CCNC(=O)CC2. The van der Waals surface area contributed by atoms with Gasteiger partial charge in [0.25, 0.3) is 0 Å². The molecule has 0 radical (unpaired) electrons. The summed E-state index contributed by atoms with van der Waals surface area (Å²) < 4.78 is 5.48. The minimum Gasteiger partial charge on any atom is -0.445 e. The number of likely N-dealkylation sites (N-methyl/N-ethyl adjacent to an activating group) is 1. The molecular weight excluding hydrogens is 306 g/mol. The predicted octanol–water partition coefficient (Wildman–Crippen LogP) is 1.61. The molecule has 1 atom stereocenters. The number of piperazine rings is 1. The van der Waals surface area contributed by atoms with E-state index < -0.39 is 0 Å². The van der Waals surface area contributed by atoms with Crippen LogP contribution in [0.4, 0.5) is 4.79 Å². The van der Waals surface area contributed by atoms with Gasteiger partial charge in [0.15, 0.2) is 0 Å². The fourth-order valence-corrected chi connectivity index (χ4v) is 3.56. The minimum atomic E-state index is -0.269. The lowest BCUT2D eigenvalue weighted by Gasteiger charge is -2.48. The normalized spacial score (nSPS) is 25.2. The first-order valence-corrected chi connectivity index (χ1v) is 8.53. The Labute approximate surface area is 142 Å². The Balaban J connectivity index is 1.62. The molecule has 2 heterocycles. The molecule has 3 rings (SSSR count). The molecule has 0 bridgehead atoms. The smallest absolute Gasteiger partial charge is 0.410 e. The van der Waals surface area contributed by atoms with E-state index in [2.05, 4.69) is 17.3 Å². The van der Waals surface area contributed by atoms with Crippen LogP contribution in [0.3, 0.4) is 0 Å².